The van der Waals surface area contributed by atoms with Gasteiger partial charge < -0.3 is 5.48 Å². The average Bonchev–Trinajstić information content (AvgIpc) is 1.91. The fraction of sp³-hybridized carbons (Fsp3) is 0.455. The topological polar surface area (TPSA) is 31.5 Å². The molecule has 0 saturated heterocycles. The first kappa shape index (κ1) is 17.3. The van der Waals surface area contributed by atoms with Gasteiger partial charge in [0.05, 0.1) is 0 Å². The molecule has 0 saturated carbocycles. The number of benzene rings is 1. The van der Waals surface area contributed by atoms with Crippen LogP contribution in [0.3, 0.4) is 0 Å². The van der Waals surface area contributed by atoms with Crippen molar-refractivity contribution in [2.75, 3.05) is 0 Å². The molecule has 2 N–H and O–H groups in total. The van der Waals surface area contributed by atoms with E-state index in [1.54, 1.807) is 0 Å². The highest BCUT2D eigenvalue weighted by Gasteiger charge is 1.72. The van der Waals surface area contributed by atoms with Crippen LogP contribution in [-0.2, 0) is 0 Å². The molecule has 1 aromatic rings. The maximum absolute atomic E-state index is 2.12. The number of rotatable bonds is 0. The van der Waals surface area contributed by atoms with E-state index in [9.17, 15) is 0 Å². The third-order valence-corrected chi connectivity index (χ3v) is 0.940. The summed E-state index contributed by atoms with van der Waals surface area (Å²) < 4.78 is 0. The third-order valence-electron chi connectivity index (χ3n) is 0.940. The van der Waals surface area contributed by atoms with Gasteiger partial charge in [0.2, 0.25) is 0 Å². The summed E-state index contributed by atoms with van der Waals surface area (Å²) in [6.07, 6.45) is 1.25. The van der Waals surface area contributed by atoms with Gasteiger partial charge >= 0.3 is 0 Å². The molecule has 72 valence electrons. The fourth-order valence-electron chi connectivity index (χ4n) is 0.534. The second-order valence-electron chi connectivity index (χ2n) is 2.36. The third kappa shape index (κ3) is 11.9. The SMILES string of the molecule is C.CCC.Cc1ccccc1.O. The molecule has 0 aromatic heterocycles. The number of hydrogen-bond acceptors (Lipinski definition) is 0. The first-order valence-electron chi connectivity index (χ1n) is 3.82. The Labute approximate surface area is 76.7 Å². The molecule has 0 spiro atoms. The van der Waals surface area contributed by atoms with Crippen molar-refractivity contribution in [1.29, 1.82) is 0 Å². The molecule has 0 aliphatic heterocycles. The minimum Gasteiger partial charge on any atom is -0.412 e. The molecule has 12 heavy (non-hydrogen) atoms. The van der Waals surface area contributed by atoms with Crippen molar-refractivity contribution in [1.82, 2.24) is 0 Å². The molecule has 0 bridgehead atoms. The van der Waals surface area contributed by atoms with Gasteiger partial charge in [-0.25, -0.2) is 0 Å². The molecular formula is C11H22O. The van der Waals surface area contributed by atoms with E-state index in [0.717, 1.165) is 0 Å². The standard InChI is InChI=1S/C7H8.C3H8.CH4.H2O/c1-7-5-3-2-4-6-7;1-3-2;;/h2-6H,1H3;3H2,1-2H3;1H4;1H2. The maximum Gasteiger partial charge on any atom is -0.0398 e. The predicted octanol–water partition coefficient (Wildman–Crippen LogP) is 3.22. The minimum atomic E-state index is 0. The molecule has 0 aliphatic rings. The summed E-state index contributed by atoms with van der Waals surface area (Å²) in [5, 5.41) is 0. The largest absolute Gasteiger partial charge is 0.412 e. The quantitative estimate of drug-likeness (QED) is 0.572. The zero-order valence-electron chi connectivity index (χ0n) is 7.59. The second kappa shape index (κ2) is 12.8. The van der Waals surface area contributed by atoms with E-state index >= 15 is 0 Å². The van der Waals surface area contributed by atoms with E-state index in [1.165, 1.54) is 12.0 Å². The van der Waals surface area contributed by atoms with Crippen molar-refractivity contribution < 1.29 is 5.48 Å². The summed E-state index contributed by atoms with van der Waals surface area (Å²) in [6, 6.07) is 10.3. The Morgan fingerprint density at radius 2 is 1.33 bits per heavy atom. The summed E-state index contributed by atoms with van der Waals surface area (Å²) >= 11 is 0. The van der Waals surface area contributed by atoms with Crippen LogP contribution in [0, 0.1) is 6.92 Å². The summed E-state index contributed by atoms with van der Waals surface area (Å²) in [4.78, 5) is 0. The lowest BCUT2D eigenvalue weighted by Gasteiger charge is -1.82. The molecule has 0 atom stereocenters. The lowest BCUT2D eigenvalue weighted by molar-refractivity contribution is 0.824. The van der Waals surface area contributed by atoms with Gasteiger partial charge in [0.15, 0.2) is 0 Å². The molecule has 0 aliphatic carbocycles. The first-order chi connectivity index (χ1) is 4.81. The lowest BCUT2D eigenvalue weighted by Crippen LogP contribution is -1.62. The smallest absolute Gasteiger partial charge is 0.0398 e. The Morgan fingerprint density at radius 1 is 1.00 bits per heavy atom. The first-order valence-corrected chi connectivity index (χ1v) is 3.82. The summed E-state index contributed by atoms with van der Waals surface area (Å²) in [7, 11) is 0. The Balaban J connectivity index is -0.000000146. The van der Waals surface area contributed by atoms with Gasteiger partial charge in [-0.15, -0.1) is 0 Å². The number of hydrogen-bond donors (Lipinski definition) is 0. The highest BCUT2D eigenvalue weighted by molar-refractivity contribution is 5.11. The Morgan fingerprint density at radius 3 is 1.50 bits per heavy atom. The molecule has 1 heteroatoms. The second-order valence-corrected chi connectivity index (χ2v) is 2.36. The van der Waals surface area contributed by atoms with Gasteiger partial charge in [-0.2, -0.15) is 0 Å². The fourth-order valence-corrected chi connectivity index (χ4v) is 0.534. The van der Waals surface area contributed by atoms with E-state index in [1.807, 2.05) is 18.2 Å². The number of aryl methyl sites for hydroxylation is 1. The average molecular weight is 170 g/mol. The van der Waals surface area contributed by atoms with Crippen LogP contribution in [0.25, 0.3) is 0 Å². The van der Waals surface area contributed by atoms with Gasteiger partial charge in [-0.1, -0.05) is 63.6 Å². The summed E-state index contributed by atoms with van der Waals surface area (Å²) in [6.45, 7) is 6.33. The molecular weight excluding hydrogens is 148 g/mol. The summed E-state index contributed by atoms with van der Waals surface area (Å²) in [5.74, 6) is 0. The molecule has 1 aromatic carbocycles. The van der Waals surface area contributed by atoms with Gasteiger partial charge in [-0.05, 0) is 6.92 Å². The van der Waals surface area contributed by atoms with Crippen molar-refractivity contribution in [3.63, 3.8) is 0 Å². The Bertz CT molecular complexity index is 146. The van der Waals surface area contributed by atoms with Crippen LogP contribution in [0.4, 0.5) is 0 Å². The van der Waals surface area contributed by atoms with Crippen LogP contribution < -0.4 is 0 Å². The van der Waals surface area contributed by atoms with Crippen LogP contribution in [0.15, 0.2) is 30.3 Å². The van der Waals surface area contributed by atoms with Gasteiger partial charge in [0, 0.05) is 0 Å². The van der Waals surface area contributed by atoms with Crippen LogP contribution in [0.2, 0.25) is 0 Å². The van der Waals surface area contributed by atoms with Gasteiger partial charge in [0.25, 0.3) is 0 Å². The molecule has 0 unspecified atom stereocenters. The van der Waals surface area contributed by atoms with Crippen molar-refractivity contribution in [2.24, 2.45) is 0 Å². The van der Waals surface area contributed by atoms with Crippen molar-refractivity contribution in [2.45, 2.75) is 34.6 Å². The molecule has 1 rings (SSSR count). The van der Waals surface area contributed by atoms with Crippen LogP contribution >= 0.6 is 0 Å². The Kier molecular flexibility index (Phi) is 18.5. The predicted molar refractivity (Wildman–Crippen MR) is 57.5 cm³/mol. The molecule has 1 nitrogen and oxygen atoms in total. The molecule has 0 heterocycles. The zero-order valence-corrected chi connectivity index (χ0v) is 7.59. The van der Waals surface area contributed by atoms with E-state index in [-0.39, 0.29) is 12.9 Å². The van der Waals surface area contributed by atoms with Gasteiger partial charge in [-0.3, -0.25) is 0 Å². The van der Waals surface area contributed by atoms with Crippen LogP contribution in [0.5, 0.6) is 0 Å². The van der Waals surface area contributed by atoms with E-state index in [4.69, 9.17) is 0 Å². The summed E-state index contributed by atoms with van der Waals surface area (Å²) in [5.41, 5.74) is 1.32. The monoisotopic (exact) mass is 170 g/mol. The van der Waals surface area contributed by atoms with Crippen molar-refractivity contribution in [3.05, 3.63) is 35.9 Å². The lowest BCUT2D eigenvalue weighted by atomic mass is 10.2. The van der Waals surface area contributed by atoms with Crippen LogP contribution in [-0.4, -0.2) is 5.48 Å². The van der Waals surface area contributed by atoms with E-state index in [0.29, 0.717) is 0 Å². The molecule has 0 radical (unpaired) electrons. The molecule has 0 fully saturated rings. The molecule has 0 amide bonds. The Hall–Kier alpha value is -0.820. The van der Waals surface area contributed by atoms with Crippen molar-refractivity contribution in [3.8, 4) is 0 Å². The van der Waals surface area contributed by atoms with Gasteiger partial charge in [0.1, 0.15) is 0 Å². The minimum absolute atomic E-state index is 0. The maximum atomic E-state index is 2.12. The van der Waals surface area contributed by atoms with E-state index in [2.05, 4.69) is 32.9 Å². The highest BCUT2D eigenvalue weighted by atomic mass is 16.0. The van der Waals surface area contributed by atoms with E-state index < -0.39 is 0 Å². The van der Waals surface area contributed by atoms with Crippen molar-refractivity contribution >= 4 is 0 Å². The highest BCUT2D eigenvalue weighted by Crippen LogP contribution is 1.92. The zero-order chi connectivity index (χ0) is 7.82. The normalized spacial score (nSPS) is 6.58. The van der Waals surface area contributed by atoms with Crippen LogP contribution in [0.1, 0.15) is 33.3 Å².